The van der Waals surface area contributed by atoms with Gasteiger partial charge in [0.1, 0.15) is 5.82 Å². The lowest BCUT2D eigenvalue weighted by molar-refractivity contribution is 0.0930. The highest BCUT2D eigenvalue weighted by Gasteiger charge is 2.21. The summed E-state index contributed by atoms with van der Waals surface area (Å²) in [5.41, 5.74) is 1.66. The second-order valence-electron chi connectivity index (χ2n) is 6.39. The number of hydrogen-bond donors (Lipinski definition) is 3. The van der Waals surface area contributed by atoms with E-state index in [1.54, 1.807) is 36.0 Å². The normalized spacial score (nSPS) is 12.3. The molecule has 0 saturated carbocycles. The molecule has 0 radical (unpaired) electrons. The number of hydrogen-bond acceptors (Lipinski definition) is 5. The molecule has 7 nitrogen and oxygen atoms in total. The van der Waals surface area contributed by atoms with Crippen LogP contribution in [0.3, 0.4) is 0 Å². The van der Waals surface area contributed by atoms with Crippen molar-refractivity contribution < 1.29 is 4.79 Å². The molecule has 2 aromatic carbocycles. The van der Waals surface area contributed by atoms with Crippen molar-refractivity contribution in [1.29, 1.82) is 0 Å². The van der Waals surface area contributed by atoms with Crippen LogP contribution in [0.5, 0.6) is 0 Å². The molecule has 0 bridgehead atoms. The fourth-order valence-electron chi connectivity index (χ4n) is 3.16. The maximum absolute atomic E-state index is 13.0. The fraction of sp³-hybridized carbons (Fsp3) is 0.200. The van der Waals surface area contributed by atoms with Gasteiger partial charge in [-0.3, -0.25) is 9.59 Å². The maximum Gasteiger partial charge on any atom is 0.272 e. The Labute approximate surface area is 165 Å². The molecule has 0 fully saturated rings. The number of carbonyl (C=O) groups is 1. The first-order valence-corrected chi connectivity index (χ1v) is 10.3. The zero-order valence-corrected chi connectivity index (χ0v) is 16.0. The Kier molecular flexibility index (Phi) is 5.12. The van der Waals surface area contributed by atoms with Gasteiger partial charge in [-0.1, -0.05) is 30.3 Å². The highest BCUT2D eigenvalue weighted by Crippen LogP contribution is 2.21. The third-order valence-corrected chi connectivity index (χ3v) is 5.21. The largest absolute Gasteiger partial charge is 0.341 e. The van der Waals surface area contributed by atoms with Gasteiger partial charge in [0.25, 0.3) is 11.5 Å². The number of carbonyl (C=O) groups excluding carboxylic acids is 1. The first-order chi connectivity index (χ1) is 13.7. The Morgan fingerprint density at radius 1 is 1.14 bits per heavy atom. The number of rotatable bonds is 6. The molecule has 0 saturated heterocycles. The number of thioether (sulfide) groups is 1. The van der Waals surface area contributed by atoms with E-state index < -0.39 is 0 Å². The summed E-state index contributed by atoms with van der Waals surface area (Å²) in [6, 6.07) is 14.4. The van der Waals surface area contributed by atoms with E-state index in [2.05, 4.69) is 25.5 Å². The van der Waals surface area contributed by atoms with Crippen LogP contribution in [0.4, 0.5) is 0 Å². The summed E-state index contributed by atoms with van der Waals surface area (Å²) in [5.74, 6) is 1.22. The number of nitrogens with one attached hydrogen (secondary N) is 3. The van der Waals surface area contributed by atoms with Gasteiger partial charge in [-0.25, -0.2) is 10.1 Å². The average molecular weight is 393 g/mol. The van der Waals surface area contributed by atoms with Crippen molar-refractivity contribution in [1.82, 2.24) is 25.5 Å². The van der Waals surface area contributed by atoms with Gasteiger partial charge in [0.2, 0.25) is 0 Å². The van der Waals surface area contributed by atoms with E-state index in [4.69, 9.17) is 0 Å². The van der Waals surface area contributed by atoms with Gasteiger partial charge < -0.3 is 10.3 Å². The molecule has 3 N–H and O–H groups in total. The van der Waals surface area contributed by atoms with Crippen LogP contribution in [-0.2, 0) is 0 Å². The molecule has 1 amide bonds. The quantitative estimate of drug-likeness (QED) is 0.467. The van der Waals surface area contributed by atoms with Gasteiger partial charge in [-0.2, -0.15) is 16.9 Å². The van der Waals surface area contributed by atoms with E-state index in [0.717, 1.165) is 16.8 Å². The number of fused-ring (bicyclic) bond motifs is 2. The lowest BCUT2D eigenvalue weighted by Gasteiger charge is -2.16. The van der Waals surface area contributed by atoms with Crippen LogP contribution in [-0.4, -0.2) is 38.1 Å². The first kappa shape index (κ1) is 18.2. The van der Waals surface area contributed by atoms with Gasteiger partial charge in [-0.05, 0) is 36.6 Å². The van der Waals surface area contributed by atoms with Crippen LogP contribution < -0.4 is 10.9 Å². The summed E-state index contributed by atoms with van der Waals surface area (Å²) in [6.45, 7) is 0. The summed E-state index contributed by atoms with van der Waals surface area (Å²) < 4.78 is 0. The lowest BCUT2D eigenvalue weighted by atomic mass is 10.1. The molecule has 0 unspecified atom stereocenters. The van der Waals surface area contributed by atoms with Crippen LogP contribution in [0.15, 0.2) is 53.3 Å². The molecule has 2 aromatic heterocycles. The van der Waals surface area contributed by atoms with Crippen molar-refractivity contribution in [3.8, 4) is 0 Å². The summed E-state index contributed by atoms with van der Waals surface area (Å²) >= 11 is 1.70. The molecule has 4 rings (SSSR count). The van der Waals surface area contributed by atoms with Gasteiger partial charge in [0.15, 0.2) is 5.69 Å². The molecular weight excluding hydrogens is 374 g/mol. The van der Waals surface area contributed by atoms with Crippen LogP contribution in [0.25, 0.3) is 21.8 Å². The maximum atomic E-state index is 13.0. The highest BCUT2D eigenvalue weighted by atomic mass is 32.2. The van der Waals surface area contributed by atoms with E-state index in [1.165, 1.54) is 0 Å². The summed E-state index contributed by atoms with van der Waals surface area (Å²) in [5, 5.41) is 10.4. The number of para-hydroxylation sites is 2. The molecule has 0 aliphatic rings. The SMILES string of the molecule is CSCC[C@H](NC(=O)c1n[nH]c(=O)c2ccccc12)c1nc2ccccc2[nH]1. The minimum Gasteiger partial charge on any atom is -0.341 e. The van der Waals surface area contributed by atoms with Crippen LogP contribution in [0, 0.1) is 0 Å². The second kappa shape index (κ2) is 7.85. The number of aromatic nitrogens is 4. The number of imidazole rings is 1. The minimum absolute atomic E-state index is 0.195. The third-order valence-electron chi connectivity index (χ3n) is 4.56. The number of benzene rings is 2. The second-order valence-corrected chi connectivity index (χ2v) is 7.38. The van der Waals surface area contributed by atoms with Crippen molar-refractivity contribution in [3.05, 3.63) is 70.4 Å². The highest BCUT2D eigenvalue weighted by molar-refractivity contribution is 7.98. The number of amides is 1. The molecule has 28 heavy (non-hydrogen) atoms. The molecule has 142 valence electrons. The van der Waals surface area contributed by atoms with Gasteiger partial charge in [0.05, 0.1) is 22.5 Å². The first-order valence-electron chi connectivity index (χ1n) is 8.89. The summed E-state index contributed by atoms with van der Waals surface area (Å²) in [6.07, 6.45) is 2.74. The molecule has 0 aliphatic carbocycles. The van der Waals surface area contributed by atoms with Crippen molar-refractivity contribution in [2.45, 2.75) is 12.5 Å². The molecule has 1 atom stereocenters. The zero-order chi connectivity index (χ0) is 19.5. The molecule has 2 heterocycles. The Morgan fingerprint density at radius 3 is 2.68 bits per heavy atom. The monoisotopic (exact) mass is 393 g/mol. The number of H-pyrrole nitrogens is 2. The minimum atomic E-state index is -0.348. The van der Waals surface area contributed by atoms with E-state index in [0.29, 0.717) is 23.0 Å². The molecule has 0 aliphatic heterocycles. The van der Waals surface area contributed by atoms with Crippen LogP contribution in [0.1, 0.15) is 28.8 Å². The summed E-state index contributed by atoms with van der Waals surface area (Å²) in [7, 11) is 0. The number of nitrogens with zero attached hydrogens (tertiary/aromatic N) is 2. The van der Waals surface area contributed by atoms with Crippen molar-refractivity contribution in [3.63, 3.8) is 0 Å². The summed E-state index contributed by atoms with van der Waals surface area (Å²) in [4.78, 5) is 32.9. The third kappa shape index (κ3) is 3.50. The Balaban J connectivity index is 1.68. The Morgan fingerprint density at radius 2 is 1.89 bits per heavy atom. The smallest absolute Gasteiger partial charge is 0.272 e. The molecule has 4 aromatic rings. The number of aromatic amines is 2. The van der Waals surface area contributed by atoms with E-state index in [9.17, 15) is 9.59 Å². The average Bonchev–Trinajstić information content (AvgIpc) is 3.15. The lowest BCUT2D eigenvalue weighted by Crippen LogP contribution is -2.31. The van der Waals surface area contributed by atoms with Crippen molar-refractivity contribution >= 4 is 39.5 Å². The predicted octanol–water partition coefficient (Wildman–Crippen LogP) is 3.02. The molecule has 0 spiro atoms. The Hall–Kier alpha value is -3.13. The van der Waals surface area contributed by atoms with Crippen molar-refractivity contribution in [2.75, 3.05) is 12.0 Å². The van der Waals surface area contributed by atoms with Crippen molar-refractivity contribution in [2.24, 2.45) is 0 Å². The van der Waals surface area contributed by atoms with E-state index in [-0.39, 0.29) is 23.2 Å². The predicted molar refractivity (Wildman–Crippen MR) is 112 cm³/mol. The van der Waals surface area contributed by atoms with Gasteiger partial charge in [0, 0.05) is 5.39 Å². The molecule has 8 heteroatoms. The molecular formula is C20H19N5O2S. The van der Waals surface area contributed by atoms with E-state index >= 15 is 0 Å². The van der Waals surface area contributed by atoms with E-state index in [1.807, 2.05) is 30.5 Å². The van der Waals surface area contributed by atoms with Gasteiger partial charge >= 0.3 is 0 Å². The fourth-order valence-corrected chi connectivity index (χ4v) is 3.64. The van der Waals surface area contributed by atoms with Crippen LogP contribution in [0.2, 0.25) is 0 Å². The standard InChI is InChI=1S/C20H19N5O2S/c1-28-11-10-16(18-21-14-8-4-5-9-15(14)22-18)23-20(27)17-12-6-2-3-7-13(12)19(26)25-24-17/h2-9,16H,10-11H2,1H3,(H,21,22)(H,23,27)(H,25,26)/t16-/m0/s1. The zero-order valence-electron chi connectivity index (χ0n) is 15.2. The Bertz CT molecular complexity index is 1170. The van der Waals surface area contributed by atoms with Gasteiger partial charge in [-0.15, -0.1) is 0 Å². The van der Waals surface area contributed by atoms with Crippen LogP contribution >= 0.6 is 11.8 Å². The topological polar surface area (TPSA) is 104 Å².